The Morgan fingerprint density at radius 1 is 1.50 bits per heavy atom. The summed E-state index contributed by atoms with van der Waals surface area (Å²) in [6, 6.07) is 2.44. The maximum absolute atomic E-state index is 12.9. The van der Waals surface area contributed by atoms with E-state index in [2.05, 4.69) is 11.5 Å². The highest BCUT2D eigenvalue weighted by Gasteiger charge is 2.34. The van der Waals surface area contributed by atoms with Crippen LogP contribution in [0.1, 0.15) is 49.6 Å². The quantitative estimate of drug-likeness (QED) is 0.919. The summed E-state index contributed by atoms with van der Waals surface area (Å²) in [5.41, 5.74) is 7.30. The maximum atomic E-state index is 12.9. The first-order valence-corrected chi connectivity index (χ1v) is 7.50. The lowest BCUT2D eigenvalue weighted by Crippen LogP contribution is -2.51. The molecule has 2 unspecified atom stereocenters. The zero-order valence-corrected chi connectivity index (χ0v) is 12.2. The maximum Gasteiger partial charge on any atom is 0.270 e. The molecule has 110 valence electrons. The number of carbonyl (C=O) groups is 1. The number of hydrogen-bond acceptors (Lipinski definition) is 3. The first-order chi connectivity index (χ1) is 9.60. The Balaban J connectivity index is 1.86. The van der Waals surface area contributed by atoms with E-state index in [1.54, 1.807) is 0 Å². The van der Waals surface area contributed by atoms with E-state index >= 15 is 0 Å². The molecule has 20 heavy (non-hydrogen) atoms. The third-order valence-electron chi connectivity index (χ3n) is 4.23. The summed E-state index contributed by atoms with van der Waals surface area (Å²) in [6.45, 7) is 5.40. The second-order valence-electron chi connectivity index (χ2n) is 5.96. The SMILES string of the molecule is CCC1COC(C)CN1C(=O)c1cc(N)cn1C1CC1. The van der Waals surface area contributed by atoms with Crippen molar-refractivity contribution in [2.75, 3.05) is 18.9 Å². The van der Waals surface area contributed by atoms with Gasteiger partial charge in [0.1, 0.15) is 5.69 Å². The minimum absolute atomic E-state index is 0.0931. The van der Waals surface area contributed by atoms with Crippen LogP contribution in [0.5, 0.6) is 0 Å². The summed E-state index contributed by atoms with van der Waals surface area (Å²) in [5, 5.41) is 0. The second kappa shape index (κ2) is 5.13. The van der Waals surface area contributed by atoms with E-state index in [1.165, 1.54) is 0 Å². The lowest BCUT2D eigenvalue weighted by Gasteiger charge is -2.38. The van der Waals surface area contributed by atoms with Crippen molar-refractivity contribution in [3.63, 3.8) is 0 Å². The molecule has 0 radical (unpaired) electrons. The van der Waals surface area contributed by atoms with E-state index in [9.17, 15) is 4.79 Å². The molecule has 5 nitrogen and oxygen atoms in total. The van der Waals surface area contributed by atoms with Gasteiger partial charge in [-0.25, -0.2) is 0 Å². The Kier molecular flexibility index (Phi) is 3.46. The zero-order valence-electron chi connectivity index (χ0n) is 12.2. The molecule has 0 bridgehead atoms. The smallest absolute Gasteiger partial charge is 0.270 e. The van der Waals surface area contributed by atoms with Crippen molar-refractivity contribution in [1.29, 1.82) is 0 Å². The molecule has 1 aliphatic carbocycles. The highest BCUT2D eigenvalue weighted by molar-refractivity contribution is 5.94. The van der Waals surface area contributed by atoms with Crippen LogP contribution in [0.3, 0.4) is 0 Å². The van der Waals surface area contributed by atoms with Gasteiger partial charge in [-0.05, 0) is 32.3 Å². The average molecular weight is 277 g/mol. The second-order valence-corrected chi connectivity index (χ2v) is 5.96. The number of morpholine rings is 1. The van der Waals surface area contributed by atoms with Gasteiger partial charge >= 0.3 is 0 Å². The van der Waals surface area contributed by atoms with E-state index in [-0.39, 0.29) is 18.1 Å². The van der Waals surface area contributed by atoms with Gasteiger partial charge in [0.2, 0.25) is 0 Å². The average Bonchev–Trinajstić information content (AvgIpc) is 3.21. The molecular formula is C15H23N3O2. The van der Waals surface area contributed by atoms with E-state index in [0.29, 0.717) is 24.9 Å². The van der Waals surface area contributed by atoms with Crippen molar-refractivity contribution in [1.82, 2.24) is 9.47 Å². The molecule has 2 fully saturated rings. The number of carbonyl (C=O) groups excluding carboxylic acids is 1. The summed E-state index contributed by atoms with van der Waals surface area (Å²) in [5.74, 6) is 0.0931. The number of ether oxygens (including phenoxy) is 1. The van der Waals surface area contributed by atoms with Gasteiger partial charge in [0.05, 0.1) is 24.4 Å². The van der Waals surface area contributed by atoms with Crippen LogP contribution in [0.2, 0.25) is 0 Å². The van der Waals surface area contributed by atoms with E-state index < -0.39 is 0 Å². The predicted molar refractivity (Wildman–Crippen MR) is 77.6 cm³/mol. The molecule has 1 saturated heterocycles. The van der Waals surface area contributed by atoms with Crippen LogP contribution in [0.15, 0.2) is 12.3 Å². The van der Waals surface area contributed by atoms with Crippen molar-refractivity contribution in [3.05, 3.63) is 18.0 Å². The number of nitrogen functional groups attached to an aromatic ring is 1. The highest BCUT2D eigenvalue weighted by atomic mass is 16.5. The number of hydrogen-bond donors (Lipinski definition) is 1. The molecule has 1 amide bonds. The number of amides is 1. The summed E-state index contributed by atoms with van der Waals surface area (Å²) in [7, 11) is 0. The molecule has 2 aliphatic rings. The van der Waals surface area contributed by atoms with Gasteiger partial charge in [-0.2, -0.15) is 0 Å². The number of rotatable bonds is 3. The molecule has 1 aromatic heterocycles. The molecule has 5 heteroatoms. The molecule has 1 aromatic rings. The fourth-order valence-corrected chi connectivity index (χ4v) is 2.90. The lowest BCUT2D eigenvalue weighted by atomic mass is 10.1. The van der Waals surface area contributed by atoms with Crippen LogP contribution in [-0.2, 0) is 4.74 Å². The van der Waals surface area contributed by atoms with Gasteiger partial charge in [-0.1, -0.05) is 6.92 Å². The van der Waals surface area contributed by atoms with Gasteiger partial charge in [-0.15, -0.1) is 0 Å². The standard InChI is InChI=1S/C15H23N3O2/c1-3-12-9-20-10(2)7-18(12)15(19)14-6-11(16)8-17(14)13-4-5-13/h6,8,10,12-13H,3-5,7,9,16H2,1-2H3. The predicted octanol–water partition coefficient (Wildman–Crippen LogP) is 2.04. The van der Waals surface area contributed by atoms with Crippen LogP contribution >= 0.6 is 0 Å². The molecule has 2 heterocycles. The Labute approximate surface area is 119 Å². The monoisotopic (exact) mass is 277 g/mol. The molecular weight excluding hydrogens is 254 g/mol. The van der Waals surface area contributed by atoms with Crippen molar-refractivity contribution in [2.24, 2.45) is 0 Å². The van der Waals surface area contributed by atoms with Gasteiger partial charge in [0.15, 0.2) is 0 Å². The third kappa shape index (κ3) is 2.42. The Morgan fingerprint density at radius 3 is 2.90 bits per heavy atom. The number of nitrogens with two attached hydrogens (primary N) is 1. The summed E-state index contributed by atoms with van der Waals surface area (Å²) >= 11 is 0. The van der Waals surface area contributed by atoms with Crippen LogP contribution < -0.4 is 5.73 Å². The molecule has 2 atom stereocenters. The first kappa shape index (κ1) is 13.5. The molecule has 0 spiro atoms. The highest BCUT2D eigenvalue weighted by Crippen LogP contribution is 2.37. The Hall–Kier alpha value is -1.49. The van der Waals surface area contributed by atoms with E-state index in [4.69, 9.17) is 10.5 Å². The number of anilines is 1. The van der Waals surface area contributed by atoms with Gasteiger partial charge < -0.3 is 19.9 Å². The first-order valence-electron chi connectivity index (χ1n) is 7.50. The summed E-state index contributed by atoms with van der Waals surface area (Å²) in [6.07, 6.45) is 5.20. The zero-order chi connectivity index (χ0) is 14.3. The van der Waals surface area contributed by atoms with Crippen LogP contribution in [0.4, 0.5) is 5.69 Å². The van der Waals surface area contributed by atoms with E-state index in [0.717, 1.165) is 25.0 Å². The fraction of sp³-hybridized carbons (Fsp3) is 0.667. The fourth-order valence-electron chi connectivity index (χ4n) is 2.90. The van der Waals surface area contributed by atoms with Crippen LogP contribution in [0, 0.1) is 0 Å². The third-order valence-corrected chi connectivity index (χ3v) is 4.23. The molecule has 2 N–H and O–H groups in total. The normalized spacial score (nSPS) is 26.8. The lowest BCUT2D eigenvalue weighted by molar-refractivity contribution is -0.0447. The van der Waals surface area contributed by atoms with E-state index in [1.807, 2.05) is 24.1 Å². The van der Waals surface area contributed by atoms with Crippen LogP contribution in [0.25, 0.3) is 0 Å². The minimum Gasteiger partial charge on any atom is -0.397 e. The Bertz CT molecular complexity index is 507. The molecule has 1 aliphatic heterocycles. The molecule has 1 saturated carbocycles. The molecule has 0 aromatic carbocycles. The number of nitrogens with zero attached hydrogens (tertiary/aromatic N) is 2. The topological polar surface area (TPSA) is 60.5 Å². The van der Waals surface area contributed by atoms with Crippen molar-refractivity contribution in [2.45, 2.75) is 51.3 Å². The van der Waals surface area contributed by atoms with Gasteiger partial charge in [-0.3, -0.25) is 4.79 Å². The van der Waals surface area contributed by atoms with Crippen molar-refractivity contribution in [3.8, 4) is 0 Å². The summed E-state index contributed by atoms with van der Waals surface area (Å²) in [4.78, 5) is 14.8. The minimum atomic E-state index is 0.0931. The molecule has 3 rings (SSSR count). The number of aromatic nitrogens is 1. The van der Waals surface area contributed by atoms with Crippen LogP contribution in [-0.4, -0.2) is 40.7 Å². The largest absolute Gasteiger partial charge is 0.397 e. The Morgan fingerprint density at radius 2 is 2.25 bits per heavy atom. The van der Waals surface area contributed by atoms with Crippen molar-refractivity contribution < 1.29 is 9.53 Å². The summed E-state index contributed by atoms with van der Waals surface area (Å²) < 4.78 is 7.73. The van der Waals surface area contributed by atoms with Gasteiger partial charge in [0.25, 0.3) is 5.91 Å². The van der Waals surface area contributed by atoms with Crippen molar-refractivity contribution >= 4 is 11.6 Å². The van der Waals surface area contributed by atoms with Gasteiger partial charge in [0, 0.05) is 18.8 Å².